The van der Waals surface area contributed by atoms with E-state index in [4.69, 9.17) is 0 Å². The molecule has 2 aromatic rings. The SMILES string of the molecule is O=C(NC1CCCCCC1)C1CCCN(C(=O)c2cc(-c3ccccn3)n[nH]2)C1. The van der Waals surface area contributed by atoms with Gasteiger partial charge in [-0.1, -0.05) is 31.7 Å². The number of carbonyl (C=O) groups is 2. The molecule has 0 radical (unpaired) electrons. The highest BCUT2D eigenvalue weighted by Gasteiger charge is 2.30. The maximum absolute atomic E-state index is 13.0. The van der Waals surface area contributed by atoms with Gasteiger partial charge in [0, 0.05) is 25.3 Å². The lowest BCUT2D eigenvalue weighted by Gasteiger charge is -2.32. The number of rotatable bonds is 4. The lowest BCUT2D eigenvalue weighted by Crippen LogP contribution is -2.47. The highest BCUT2D eigenvalue weighted by molar-refractivity contribution is 5.93. The van der Waals surface area contributed by atoms with Crippen molar-refractivity contribution in [3.05, 3.63) is 36.2 Å². The molecule has 0 spiro atoms. The predicted molar refractivity (Wildman–Crippen MR) is 110 cm³/mol. The van der Waals surface area contributed by atoms with E-state index in [9.17, 15) is 9.59 Å². The van der Waals surface area contributed by atoms with Gasteiger partial charge in [0.1, 0.15) is 11.4 Å². The highest BCUT2D eigenvalue weighted by Crippen LogP contribution is 2.22. The molecule has 1 aliphatic carbocycles. The smallest absolute Gasteiger partial charge is 0.271 e. The zero-order valence-corrected chi connectivity index (χ0v) is 16.8. The summed E-state index contributed by atoms with van der Waals surface area (Å²) in [6, 6.07) is 7.63. The molecule has 0 bridgehead atoms. The van der Waals surface area contributed by atoms with Crippen LogP contribution in [0.3, 0.4) is 0 Å². The van der Waals surface area contributed by atoms with E-state index < -0.39 is 0 Å². The molecule has 2 amide bonds. The van der Waals surface area contributed by atoms with Gasteiger partial charge in [0.05, 0.1) is 11.6 Å². The van der Waals surface area contributed by atoms with Crippen molar-refractivity contribution in [3.63, 3.8) is 0 Å². The second-order valence-corrected chi connectivity index (χ2v) is 8.17. The van der Waals surface area contributed by atoms with Crippen LogP contribution in [-0.2, 0) is 4.79 Å². The van der Waals surface area contributed by atoms with Gasteiger partial charge >= 0.3 is 0 Å². The second kappa shape index (κ2) is 9.20. The first-order valence-corrected chi connectivity index (χ1v) is 10.8. The predicted octanol–water partition coefficient (Wildman–Crippen LogP) is 3.16. The summed E-state index contributed by atoms with van der Waals surface area (Å²) in [4.78, 5) is 31.8. The quantitative estimate of drug-likeness (QED) is 0.778. The Labute approximate surface area is 171 Å². The van der Waals surface area contributed by atoms with Crippen molar-refractivity contribution < 1.29 is 9.59 Å². The Hall–Kier alpha value is -2.70. The largest absolute Gasteiger partial charge is 0.353 e. The topological polar surface area (TPSA) is 91.0 Å². The van der Waals surface area contributed by atoms with Gasteiger partial charge in [0.15, 0.2) is 0 Å². The van der Waals surface area contributed by atoms with E-state index in [-0.39, 0.29) is 17.7 Å². The summed E-state index contributed by atoms with van der Waals surface area (Å²) in [6.07, 6.45) is 10.5. The Morgan fingerprint density at radius 3 is 2.62 bits per heavy atom. The minimum Gasteiger partial charge on any atom is -0.353 e. The van der Waals surface area contributed by atoms with Crippen LogP contribution < -0.4 is 5.32 Å². The Kier molecular flexibility index (Phi) is 6.22. The number of aromatic amines is 1. The van der Waals surface area contributed by atoms with Crippen molar-refractivity contribution in [2.24, 2.45) is 5.92 Å². The third-order valence-electron chi connectivity index (χ3n) is 6.02. The highest BCUT2D eigenvalue weighted by atomic mass is 16.2. The lowest BCUT2D eigenvalue weighted by atomic mass is 9.96. The summed E-state index contributed by atoms with van der Waals surface area (Å²) in [7, 11) is 0. The molecule has 2 N–H and O–H groups in total. The van der Waals surface area contributed by atoms with Gasteiger partial charge in [-0.05, 0) is 43.9 Å². The molecule has 3 heterocycles. The number of pyridine rings is 1. The van der Waals surface area contributed by atoms with Crippen molar-refractivity contribution >= 4 is 11.8 Å². The lowest BCUT2D eigenvalue weighted by molar-refractivity contribution is -0.127. The molecule has 7 nitrogen and oxygen atoms in total. The minimum atomic E-state index is -0.130. The Morgan fingerprint density at radius 2 is 1.86 bits per heavy atom. The molecule has 2 aromatic heterocycles. The molecule has 29 heavy (non-hydrogen) atoms. The molecule has 0 aromatic carbocycles. The number of aromatic nitrogens is 3. The number of amides is 2. The van der Waals surface area contributed by atoms with Crippen molar-refractivity contribution in [2.75, 3.05) is 13.1 Å². The van der Waals surface area contributed by atoms with Gasteiger partial charge < -0.3 is 10.2 Å². The van der Waals surface area contributed by atoms with Gasteiger partial charge in [-0.2, -0.15) is 5.10 Å². The normalized spacial score (nSPS) is 20.8. The molecule has 2 fully saturated rings. The van der Waals surface area contributed by atoms with E-state index in [1.165, 1.54) is 25.7 Å². The van der Waals surface area contributed by atoms with Crippen LogP contribution in [0.15, 0.2) is 30.5 Å². The average molecular weight is 396 g/mol. The molecule has 4 rings (SSSR count). The molecule has 1 unspecified atom stereocenters. The van der Waals surface area contributed by atoms with Crippen LogP contribution in [0.4, 0.5) is 0 Å². The standard InChI is InChI=1S/C22H29N5O2/c28-21(24-17-9-3-1-2-4-10-17)16-8-7-13-27(15-16)22(29)20-14-19(25-26-20)18-11-5-6-12-23-18/h5-6,11-12,14,16-17H,1-4,7-10,13,15H2,(H,24,28)(H,25,26). The summed E-state index contributed by atoms with van der Waals surface area (Å²) in [5.74, 6) is -0.131. The van der Waals surface area contributed by atoms with E-state index in [1.807, 2.05) is 18.2 Å². The molecule has 1 aliphatic heterocycles. The molecule has 7 heteroatoms. The Balaban J connectivity index is 1.37. The maximum atomic E-state index is 13.0. The Morgan fingerprint density at radius 1 is 1.03 bits per heavy atom. The maximum Gasteiger partial charge on any atom is 0.271 e. The average Bonchev–Trinajstić information content (AvgIpc) is 3.12. The van der Waals surface area contributed by atoms with Gasteiger partial charge in [-0.15, -0.1) is 0 Å². The molecular formula is C22H29N5O2. The van der Waals surface area contributed by atoms with E-state index in [1.54, 1.807) is 17.2 Å². The number of carbonyl (C=O) groups excluding carboxylic acids is 2. The van der Waals surface area contributed by atoms with Crippen LogP contribution in [0.1, 0.15) is 61.9 Å². The summed E-state index contributed by atoms with van der Waals surface area (Å²) >= 11 is 0. The number of nitrogens with one attached hydrogen (secondary N) is 2. The zero-order chi connectivity index (χ0) is 20.1. The molecule has 2 aliphatic rings. The summed E-state index contributed by atoms with van der Waals surface area (Å²) in [5.41, 5.74) is 1.81. The van der Waals surface area contributed by atoms with Crippen LogP contribution in [0, 0.1) is 5.92 Å². The van der Waals surface area contributed by atoms with Crippen molar-refractivity contribution in [1.29, 1.82) is 0 Å². The number of nitrogens with zero attached hydrogens (tertiary/aromatic N) is 3. The second-order valence-electron chi connectivity index (χ2n) is 8.17. The monoisotopic (exact) mass is 395 g/mol. The first-order valence-electron chi connectivity index (χ1n) is 10.8. The van der Waals surface area contributed by atoms with E-state index in [0.717, 1.165) is 31.4 Å². The Bertz CT molecular complexity index is 827. The van der Waals surface area contributed by atoms with Crippen LogP contribution >= 0.6 is 0 Å². The zero-order valence-electron chi connectivity index (χ0n) is 16.8. The molecule has 1 saturated heterocycles. The van der Waals surface area contributed by atoms with E-state index in [0.29, 0.717) is 30.5 Å². The first-order chi connectivity index (χ1) is 14.2. The van der Waals surface area contributed by atoms with Crippen LogP contribution in [0.25, 0.3) is 11.4 Å². The number of H-pyrrole nitrogens is 1. The minimum absolute atomic E-state index is 0.105. The fourth-order valence-electron chi connectivity index (χ4n) is 4.37. The fraction of sp³-hybridized carbons (Fsp3) is 0.545. The van der Waals surface area contributed by atoms with Crippen molar-refractivity contribution in [1.82, 2.24) is 25.4 Å². The first kappa shape index (κ1) is 19.6. The van der Waals surface area contributed by atoms with Crippen LogP contribution in [0.2, 0.25) is 0 Å². The number of hydrogen-bond acceptors (Lipinski definition) is 4. The third-order valence-corrected chi connectivity index (χ3v) is 6.02. The van der Waals surface area contributed by atoms with Crippen LogP contribution in [-0.4, -0.2) is 51.0 Å². The number of hydrogen-bond donors (Lipinski definition) is 2. The summed E-state index contributed by atoms with van der Waals surface area (Å²) < 4.78 is 0. The molecule has 1 saturated carbocycles. The van der Waals surface area contributed by atoms with Gasteiger partial charge in [-0.25, -0.2) is 0 Å². The van der Waals surface area contributed by atoms with E-state index >= 15 is 0 Å². The molecule has 1 atom stereocenters. The van der Waals surface area contributed by atoms with Crippen LogP contribution in [0.5, 0.6) is 0 Å². The molecular weight excluding hydrogens is 366 g/mol. The third kappa shape index (κ3) is 4.83. The van der Waals surface area contributed by atoms with Gasteiger partial charge in [0.25, 0.3) is 5.91 Å². The molecule has 154 valence electrons. The van der Waals surface area contributed by atoms with Crippen molar-refractivity contribution in [3.8, 4) is 11.4 Å². The number of likely N-dealkylation sites (tertiary alicyclic amines) is 1. The fourth-order valence-corrected chi connectivity index (χ4v) is 4.37. The van der Waals surface area contributed by atoms with Crippen molar-refractivity contribution in [2.45, 2.75) is 57.4 Å². The van der Waals surface area contributed by atoms with Gasteiger partial charge in [-0.3, -0.25) is 19.7 Å². The van der Waals surface area contributed by atoms with Gasteiger partial charge in [0.2, 0.25) is 5.91 Å². The summed E-state index contributed by atoms with van der Waals surface area (Å²) in [5, 5.41) is 10.3. The van der Waals surface area contributed by atoms with E-state index in [2.05, 4.69) is 20.5 Å². The summed E-state index contributed by atoms with van der Waals surface area (Å²) in [6.45, 7) is 1.14. The number of piperidine rings is 1.